The summed E-state index contributed by atoms with van der Waals surface area (Å²) in [6.45, 7) is 8.25. The number of allylic oxidation sites excluding steroid dienone is 1. The second-order valence-corrected chi connectivity index (χ2v) is 13.5. The topological polar surface area (TPSA) is 9.86 Å². The van der Waals surface area contributed by atoms with E-state index in [0.29, 0.717) is 0 Å². The van der Waals surface area contributed by atoms with E-state index in [1.807, 2.05) is 6.08 Å². The van der Waals surface area contributed by atoms with Crippen molar-refractivity contribution in [3.8, 4) is 45.0 Å². The summed E-state index contributed by atoms with van der Waals surface area (Å²) in [4.78, 5) is 0. The predicted octanol–water partition coefficient (Wildman–Crippen LogP) is 13.7. The van der Waals surface area contributed by atoms with Gasteiger partial charge in [-0.3, -0.25) is 0 Å². The van der Waals surface area contributed by atoms with Crippen molar-refractivity contribution in [3.05, 3.63) is 193 Å². The smallest absolute Gasteiger partial charge is 0.0541 e. The Balaban J connectivity index is 1.26. The van der Waals surface area contributed by atoms with Crippen LogP contribution < -0.4 is 0 Å². The average molecular weight is 667 g/mol. The summed E-state index contributed by atoms with van der Waals surface area (Å²) in [5.41, 5.74) is 15.2. The van der Waals surface area contributed by atoms with Crippen molar-refractivity contribution >= 4 is 44.7 Å². The third kappa shape index (κ3) is 5.37. The van der Waals surface area contributed by atoms with Crippen molar-refractivity contribution in [2.24, 2.45) is 0 Å². The van der Waals surface area contributed by atoms with E-state index in [-0.39, 0.29) is 0 Å². The zero-order chi connectivity index (χ0) is 35.2. The van der Waals surface area contributed by atoms with Gasteiger partial charge in [-0.25, -0.2) is 0 Å². The van der Waals surface area contributed by atoms with Crippen LogP contribution in [0.4, 0.5) is 0 Å². The summed E-state index contributed by atoms with van der Waals surface area (Å²) < 4.78 is 4.85. The lowest BCUT2D eigenvalue weighted by atomic mass is 10.0. The van der Waals surface area contributed by atoms with Gasteiger partial charge in [-0.1, -0.05) is 146 Å². The van der Waals surface area contributed by atoms with E-state index in [0.717, 1.165) is 22.5 Å². The molecule has 2 heterocycles. The van der Waals surface area contributed by atoms with Gasteiger partial charge in [-0.2, -0.15) is 0 Å². The van der Waals surface area contributed by atoms with Crippen molar-refractivity contribution in [2.45, 2.75) is 13.8 Å². The Labute approximate surface area is 304 Å². The second kappa shape index (κ2) is 12.9. The minimum Gasteiger partial charge on any atom is -0.309 e. The molecule has 0 amide bonds. The predicted molar refractivity (Wildman–Crippen MR) is 223 cm³/mol. The van der Waals surface area contributed by atoms with Gasteiger partial charge in [0, 0.05) is 21.8 Å². The first-order chi connectivity index (χ1) is 25.6. The molecule has 0 aliphatic carbocycles. The van der Waals surface area contributed by atoms with E-state index in [4.69, 9.17) is 0 Å². The molecule has 0 atom stereocenters. The van der Waals surface area contributed by atoms with Gasteiger partial charge in [0.1, 0.15) is 0 Å². The molecular formula is C50H38N2. The molecule has 0 saturated heterocycles. The van der Waals surface area contributed by atoms with Gasteiger partial charge in [0.05, 0.1) is 28.1 Å². The molecule has 0 aliphatic heterocycles. The molecule has 9 rings (SSSR count). The number of aromatic nitrogens is 2. The van der Waals surface area contributed by atoms with Crippen molar-refractivity contribution in [3.63, 3.8) is 0 Å². The quantitative estimate of drug-likeness (QED) is 0.160. The van der Waals surface area contributed by atoms with Crippen molar-refractivity contribution in [2.75, 3.05) is 0 Å². The van der Waals surface area contributed by atoms with Gasteiger partial charge >= 0.3 is 0 Å². The summed E-state index contributed by atoms with van der Waals surface area (Å²) in [5, 5.41) is 4.87. The van der Waals surface area contributed by atoms with E-state index in [2.05, 4.69) is 206 Å². The lowest BCUT2D eigenvalue weighted by Gasteiger charge is -2.15. The van der Waals surface area contributed by atoms with Gasteiger partial charge < -0.3 is 9.13 Å². The Morgan fingerprint density at radius 1 is 0.481 bits per heavy atom. The van der Waals surface area contributed by atoms with Crippen molar-refractivity contribution in [1.29, 1.82) is 0 Å². The standard InChI is InChI=1S/C50H38N2/c1-4-12-38-29-41(24-21-35(38)5-2)49-33-42-25-22-39(30-48(42)51(49)44-27-19-34(3)20-28-44)40-23-26-43-32-47(37-14-7-6-8-15-37)52(50(43)31-40)46-18-11-16-36-13-9-10-17-45(36)46/h4-33H,2H2,1,3H3/b12-4-. The molecule has 52 heavy (non-hydrogen) atoms. The lowest BCUT2D eigenvalue weighted by molar-refractivity contribution is 1.13. The number of hydrogen-bond donors (Lipinski definition) is 0. The van der Waals surface area contributed by atoms with Crippen LogP contribution in [0.25, 0.3) is 89.7 Å². The van der Waals surface area contributed by atoms with E-state index < -0.39 is 0 Å². The van der Waals surface area contributed by atoms with Crippen LogP contribution in [0.1, 0.15) is 23.6 Å². The summed E-state index contributed by atoms with van der Waals surface area (Å²) in [6.07, 6.45) is 6.17. The Bertz CT molecular complexity index is 2800. The highest BCUT2D eigenvalue weighted by Crippen LogP contribution is 2.39. The zero-order valence-electron chi connectivity index (χ0n) is 29.4. The number of hydrogen-bond acceptors (Lipinski definition) is 0. The van der Waals surface area contributed by atoms with Crippen LogP contribution in [0.5, 0.6) is 0 Å². The third-order valence-electron chi connectivity index (χ3n) is 10.3. The largest absolute Gasteiger partial charge is 0.309 e. The fourth-order valence-corrected chi connectivity index (χ4v) is 7.67. The molecule has 0 unspecified atom stereocenters. The summed E-state index contributed by atoms with van der Waals surface area (Å²) in [7, 11) is 0. The number of rotatable bonds is 7. The summed E-state index contributed by atoms with van der Waals surface area (Å²) in [6, 6.07) is 59.9. The van der Waals surface area contributed by atoms with E-state index in [1.54, 1.807) is 0 Å². The van der Waals surface area contributed by atoms with Crippen LogP contribution in [0.2, 0.25) is 0 Å². The molecule has 0 aliphatic rings. The van der Waals surface area contributed by atoms with Gasteiger partial charge in [0.15, 0.2) is 0 Å². The highest BCUT2D eigenvalue weighted by atomic mass is 15.0. The molecule has 248 valence electrons. The Kier molecular flexibility index (Phi) is 7.79. The third-order valence-corrected chi connectivity index (χ3v) is 10.3. The number of nitrogens with zero attached hydrogens (tertiary/aromatic N) is 2. The molecule has 0 radical (unpaired) electrons. The number of fused-ring (bicyclic) bond motifs is 3. The Morgan fingerprint density at radius 3 is 1.83 bits per heavy atom. The molecule has 0 spiro atoms. The Hall–Kier alpha value is -6.64. The maximum absolute atomic E-state index is 4.05. The monoisotopic (exact) mass is 666 g/mol. The summed E-state index contributed by atoms with van der Waals surface area (Å²) >= 11 is 0. The highest BCUT2D eigenvalue weighted by molar-refractivity contribution is 5.99. The molecule has 0 saturated carbocycles. The van der Waals surface area contributed by atoms with Gasteiger partial charge in [0.25, 0.3) is 0 Å². The van der Waals surface area contributed by atoms with Crippen molar-refractivity contribution in [1.82, 2.24) is 9.13 Å². The Morgan fingerprint density at radius 2 is 1.12 bits per heavy atom. The first-order valence-electron chi connectivity index (χ1n) is 17.9. The molecule has 0 fully saturated rings. The fraction of sp³-hybridized carbons (Fsp3) is 0.0400. The van der Waals surface area contributed by atoms with Crippen LogP contribution >= 0.6 is 0 Å². The molecule has 2 aromatic heterocycles. The minimum atomic E-state index is 1.13. The molecule has 0 N–H and O–H groups in total. The van der Waals surface area contributed by atoms with Crippen LogP contribution in [0, 0.1) is 6.92 Å². The molecule has 7 aromatic carbocycles. The van der Waals surface area contributed by atoms with Gasteiger partial charge in [-0.05, 0) is 101 Å². The maximum atomic E-state index is 4.05. The van der Waals surface area contributed by atoms with Crippen molar-refractivity contribution < 1.29 is 0 Å². The van der Waals surface area contributed by atoms with E-state index >= 15 is 0 Å². The maximum Gasteiger partial charge on any atom is 0.0541 e. The molecule has 9 aromatic rings. The lowest BCUT2D eigenvalue weighted by Crippen LogP contribution is -1.98. The zero-order valence-corrected chi connectivity index (χ0v) is 29.4. The first-order valence-corrected chi connectivity index (χ1v) is 17.9. The second-order valence-electron chi connectivity index (χ2n) is 13.5. The van der Waals surface area contributed by atoms with Gasteiger partial charge in [0.2, 0.25) is 0 Å². The van der Waals surface area contributed by atoms with Gasteiger partial charge in [-0.15, -0.1) is 0 Å². The number of aryl methyl sites for hydroxylation is 1. The van der Waals surface area contributed by atoms with Crippen LogP contribution in [-0.4, -0.2) is 9.13 Å². The molecule has 2 nitrogen and oxygen atoms in total. The molecule has 2 heteroatoms. The average Bonchev–Trinajstić information content (AvgIpc) is 3.77. The summed E-state index contributed by atoms with van der Waals surface area (Å²) in [5.74, 6) is 0. The minimum absolute atomic E-state index is 1.13. The number of benzene rings is 7. The normalized spacial score (nSPS) is 11.7. The van der Waals surface area contributed by atoms with Crippen LogP contribution in [-0.2, 0) is 0 Å². The van der Waals surface area contributed by atoms with Crippen LogP contribution in [0.15, 0.2) is 176 Å². The first kappa shape index (κ1) is 31.3. The molecule has 0 bridgehead atoms. The SMILES string of the molecule is C=Cc1ccc(-c2cc3ccc(-c4ccc5cc(-c6ccccc6)n(-c6cccc7ccccc67)c5c4)cc3n2-c2ccc(C)cc2)cc1/C=C\C. The molecular weight excluding hydrogens is 629 g/mol. The highest BCUT2D eigenvalue weighted by Gasteiger charge is 2.18. The van der Waals surface area contributed by atoms with E-state index in [1.165, 1.54) is 71.8 Å². The van der Waals surface area contributed by atoms with Crippen LogP contribution in [0.3, 0.4) is 0 Å². The fourth-order valence-electron chi connectivity index (χ4n) is 7.67. The van der Waals surface area contributed by atoms with E-state index in [9.17, 15) is 0 Å².